The van der Waals surface area contributed by atoms with E-state index >= 15 is 0 Å². The van der Waals surface area contributed by atoms with Crippen LogP contribution in [0.15, 0.2) is 0 Å². The van der Waals surface area contributed by atoms with Crippen molar-refractivity contribution in [2.75, 3.05) is 105 Å². The number of nitrogens with zero attached hydrogens (tertiary/aromatic N) is 1. The topological polar surface area (TPSA) is 108 Å². The molecule has 0 rings (SSSR count). The van der Waals surface area contributed by atoms with Crippen LogP contribution in [0.3, 0.4) is 0 Å². The van der Waals surface area contributed by atoms with Crippen molar-refractivity contribution in [1.82, 2.24) is 0 Å². The van der Waals surface area contributed by atoms with Crippen LogP contribution >= 0.6 is 23.5 Å². The van der Waals surface area contributed by atoms with Crippen LogP contribution in [0.1, 0.15) is 39.5 Å². The highest BCUT2D eigenvalue weighted by Gasteiger charge is 2.37. The molecule has 0 amide bonds. The van der Waals surface area contributed by atoms with Gasteiger partial charge in [-0.05, 0) is 38.2 Å². The zero-order valence-electron chi connectivity index (χ0n) is 26.7. The Morgan fingerprint density at radius 3 is 1.22 bits per heavy atom. The van der Waals surface area contributed by atoms with Gasteiger partial charge >= 0.3 is 29.5 Å². The Morgan fingerprint density at radius 1 is 0.585 bits per heavy atom. The van der Waals surface area contributed by atoms with Gasteiger partial charge in [0, 0.05) is 66.3 Å². The molecule has 0 atom stereocenters. The summed E-state index contributed by atoms with van der Waals surface area (Å²) in [5.41, 5.74) is 0. The van der Waals surface area contributed by atoms with Crippen molar-refractivity contribution in [3.8, 4) is 0 Å². The Morgan fingerprint density at radius 2 is 0.927 bits per heavy atom. The molecule has 11 nitrogen and oxygen atoms in total. The number of rotatable bonds is 28. The molecule has 0 saturated carbocycles. The molecule has 244 valence electrons. The summed E-state index contributed by atoms with van der Waals surface area (Å²) >= 11 is 3.43. The van der Waals surface area contributed by atoms with Gasteiger partial charge in [0.15, 0.2) is 0 Å². The van der Waals surface area contributed by atoms with E-state index in [1.807, 2.05) is 0 Å². The normalized spacial score (nSPS) is 12.5. The van der Waals surface area contributed by atoms with E-state index in [1.54, 1.807) is 66.2 Å². The number of thioether (sulfide) groups is 2. The Hall–Kier alpha value is -0.206. The maximum absolute atomic E-state index is 12.2. The van der Waals surface area contributed by atoms with E-state index in [2.05, 4.69) is 13.8 Å². The van der Waals surface area contributed by atoms with Crippen LogP contribution in [0.4, 0.5) is 0 Å². The van der Waals surface area contributed by atoms with Crippen LogP contribution < -0.4 is 0 Å². The predicted octanol–water partition coefficient (Wildman–Crippen LogP) is 3.71. The SMILES string of the molecule is CC[N+](CC)(CCOC(=O)CCSCCC[Si](OC)(OC)OC)CCOC(=O)CCSCCC[Si](OC)(OC)OC. The molecule has 0 N–H and O–H groups in total. The molecule has 0 fully saturated rings. The number of carbonyl (C=O) groups is 2. The Balaban J connectivity index is 4.12. The maximum atomic E-state index is 12.2. The first kappa shape index (κ1) is 40.8. The zero-order valence-corrected chi connectivity index (χ0v) is 30.3. The van der Waals surface area contributed by atoms with Gasteiger partial charge in [-0.1, -0.05) is 0 Å². The molecule has 0 aliphatic rings. The van der Waals surface area contributed by atoms with Crippen LogP contribution in [0, 0.1) is 0 Å². The summed E-state index contributed by atoms with van der Waals surface area (Å²) in [5.74, 6) is 2.88. The first-order valence-corrected chi connectivity index (χ1v) is 20.5. The fourth-order valence-electron chi connectivity index (χ4n) is 4.23. The van der Waals surface area contributed by atoms with Crippen LogP contribution in [0.2, 0.25) is 12.1 Å². The molecular formula is C26H56NO10S2Si2+. The summed E-state index contributed by atoms with van der Waals surface area (Å²) in [6.45, 7) is 8.10. The number of quaternary nitrogens is 1. The second-order valence-electron chi connectivity index (χ2n) is 9.38. The van der Waals surface area contributed by atoms with Gasteiger partial charge in [-0.2, -0.15) is 23.5 Å². The summed E-state index contributed by atoms with van der Waals surface area (Å²) in [6, 6.07) is 1.50. The molecule has 0 bridgehead atoms. The Kier molecular flexibility index (Phi) is 24.0. The second-order valence-corrected chi connectivity index (χ2v) is 18.0. The second kappa shape index (κ2) is 24.2. The Labute approximate surface area is 259 Å². The molecule has 0 aromatic rings. The monoisotopic (exact) mass is 662 g/mol. The van der Waals surface area contributed by atoms with Crippen LogP contribution in [0.5, 0.6) is 0 Å². The van der Waals surface area contributed by atoms with Gasteiger partial charge in [-0.25, -0.2) is 0 Å². The highest BCUT2D eigenvalue weighted by atomic mass is 32.2. The van der Waals surface area contributed by atoms with Crippen molar-refractivity contribution < 1.29 is 50.1 Å². The van der Waals surface area contributed by atoms with E-state index in [0.717, 1.165) is 54.0 Å². The average molecular weight is 663 g/mol. The van der Waals surface area contributed by atoms with Crippen molar-refractivity contribution in [2.45, 2.75) is 51.6 Å². The minimum absolute atomic E-state index is 0.180. The van der Waals surface area contributed by atoms with Gasteiger partial charge in [0.05, 0.1) is 25.9 Å². The lowest BCUT2D eigenvalue weighted by Gasteiger charge is -2.36. The summed E-state index contributed by atoms with van der Waals surface area (Å²) in [5, 5.41) is 0. The van der Waals surface area contributed by atoms with Crippen molar-refractivity contribution >= 4 is 53.1 Å². The van der Waals surface area contributed by atoms with Crippen molar-refractivity contribution in [3.05, 3.63) is 0 Å². The van der Waals surface area contributed by atoms with E-state index in [0.29, 0.717) is 50.7 Å². The average Bonchev–Trinajstić information content (AvgIpc) is 3.00. The number of ether oxygens (including phenoxy) is 2. The quantitative estimate of drug-likeness (QED) is 0.0528. The fraction of sp³-hybridized carbons (Fsp3) is 0.923. The van der Waals surface area contributed by atoms with E-state index in [-0.39, 0.29) is 11.9 Å². The van der Waals surface area contributed by atoms with Gasteiger partial charge in [0.25, 0.3) is 0 Å². The molecule has 0 heterocycles. The smallest absolute Gasteiger partial charge is 0.460 e. The summed E-state index contributed by atoms with van der Waals surface area (Å²) in [7, 11) is 4.65. The lowest BCUT2D eigenvalue weighted by atomic mass is 10.3. The van der Waals surface area contributed by atoms with Gasteiger partial charge < -0.3 is 40.5 Å². The highest BCUT2D eigenvalue weighted by Crippen LogP contribution is 2.19. The highest BCUT2D eigenvalue weighted by molar-refractivity contribution is 7.99. The number of esters is 2. The minimum Gasteiger partial charge on any atom is -0.460 e. The summed E-state index contributed by atoms with van der Waals surface area (Å²) < 4.78 is 44.3. The maximum Gasteiger partial charge on any atom is 0.500 e. The Bertz CT molecular complexity index is 616. The molecule has 0 spiro atoms. The first-order valence-electron chi connectivity index (χ1n) is 14.3. The van der Waals surface area contributed by atoms with Crippen molar-refractivity contribution in [2.24, 2.45) is 0 Å². The molecule has 0 aromatic heterocycles. The van der Waals surface area contributed by atoms with Crippen LogP contribution in [-0.4, -0.2) is 139 Å². The third-order valence-electron chi connectivity index (χ3n) is 7.31. The molecule has 15 heteroatoms. The number of likely N-dealkylation sites (N-methyl/N-ethyl adjacent to an activating group) is 1. The number of carbonyl (C=O) groups excluding carboxylic acids is 2. The molecule has 0 saturated heterocycles. The fourth-order valence-corrected chi connectivity index (χ4v) is 9.91. The van der Waals surface area contributed by atoms with Crippen molar-refractivity contribution in [3.63, 3.8) is 0 Å². The summed E-state index contributed by atoms with van der Waals surface area (Å²) in [6.07, 6.45) is 2.57. The van der Waals surface area contributed by atoms with Gasteiger partial charge in [0.1, 0.15) is 26.3 Å². The number of hydrogen-bond donors (Lipinski definition) is 0. The van der Waals surface area contributed by atoms with Crippen LogP contribution in [-0.2, 0) is 45.6 Å². The minimum atomic E-state index is -2.52. The van der Waals surface area contributed by atoms with E-state index in [9.17, 15) is 9.59 Å². The van der Waals surface area contributed by atoms with Gasteiger partial charge in [-0.15, -0.1) is 0 Å². The van der Waals surface area contributed by atoms with E-state index < -0.39 is 17.6 Å². The van der Waals surface area contributed by atoms with Gasteiger partial charge in [-0.3, -0.25) is 9.59 Å². The molecule has 0 unspecified atom stereocenters. The lowest BCUT2D eigenvalue weighted by molar-refractivity contribution is -0.925. The molecule has 41 heavy (non-hydrogen) atoms. The zero-order chi connectivity index (χ0) is 31.0. The largest absolute Gasteiger partial charge is 0.500 e. The lowest BCUT2D eigenvalue weighted by Crippen LogP contribution is -2.52. The molecule has 0 radical (unpaired) electrons. The predicted molar refractivity (Wildman–Crippen MR) is 169 cm³/mol. The molecule has 0 aliphatic carbocycles. The standard InChI is InChI=1S/C26H56NO10S2Si2/c1-9-27(10-2,15-17-36-25(28)13-21-38-19-11-23-40(30-3,31-4)32-5)16-18-37-26(29)14-22-39-20-12-24-41(33-6,34-7)35-8/h9-24H2,1-8H3/q+1. The first-order chi connectivity index (χ1) is 19.7. The molecule has 0 aliphatic heterocycles. The molecular weight excluding hydrogens is 607 g/mol. The van der Waals surface area contributed by atoms with Gasteiger partial charge in [0.2, 0.25) is 0 Å². The molecule has 0 aromatic carbocycles. The summed E-state index contributed by atoms with van der Waals surface area (Å²) in [4.78, 5) is 24.4. The van der Waals surface area contributed by atoms with E-state index in [4.69, 9.17) is 36.0 Å². The van der Waals surface area contributed by atoms with Crippen LogP contribution in [0.25, 0.3) is 0 Å². The number of hydrogen-bond acceptors (Lipinski definition) is 12. The van der Waals surface area contributed by atoms with E-state index in [1.165, 1.54) is 0 Å². The third-order valence-corrected chi connectivity index (χ3v) is 15.1. The van der Waals surface area contributed by atoms with Crippen molar-refractivity contribution in [1.29, 1.82) is 0 Å². The third kappa shape index (κ3) is 17.0.